The summed E-state index contributed by atoms with van der Waals surface area (Å²) in [7, 11) is 3.97. The molecule has 33 heavy (non-hydrogen) atoms. The summed E-state index contributed by atoms with van der Waals surface area (Å²) in [6, 6.07) is 13.5. The normalized spacial score (nSPS) is 10.9. The largest absolute Gasteiger partial charge is 0.467 e. The molecule has 0 aliphatic heterocycles. The Morgan fingerprint density at radius 2 is 1.67 bits per heavy atom. The van der Waals surface area contributed by atoms with Gasteiger partial charge in [0.1, 0.15) is 11.5 Å². The SMILES string of the molecule is Cc1cnc(C(=O)N(CCC(=O)N(CCN(C)C)Cc2ccccc2)Cc2ccco2)cn1. The highest BCUT2D eigenvalue weighted by Crippen LogP contribution is 2.12. The van der Waals surface area contributed by atoms with Gasteiger partial charge in [-0.1, -0.05) is 30.3 Å². The Balaban J connectivity index is 1.71. The number of furan rings is 1. The zero-order valence-corrected chi connectivity index (χ0v) is 19.5. The van der Waals surface area contributed by atoms with Gasteiger partial charge in [-0.05, 0) is 38.7 Å². The van der Waals surface area contributed by atoms with Crippen LogP contribution in [-0.4, -0.2) is 70.2 Å². The second-order valence-electron chi connectivity index (χ2n) is 8.20. The van der Waals surface area contributed by atoms with E-state index in [2.05, 4.69) is 9.97 Å². The molecule has 2 heterocycles. The summed E-state index contributed by atoms with van der Waals surface area (Å²) in [5.74, 6) is 0.354. The average Bonchev–Trinajstić information content (AvgIpc) is 3.33. The quantitative estimate of drug-likeness (QED) is 0.448. The van der Waals surface area contributed by atoms with E-state index in [-0.39, 0.29) is 37.0 Å². The lowest BCUT2D eigenvalue weighted by Gasteiger charge is -2.27. The number of amides is 2. The first-order valence-corrected chi connectivity index (χ1v) is 11.0. The Kier molecular flexibility index (Phi) is 8.71. The minimum atomic E-state index is -0.283. The zero-order chi connectivity index (χ0) is 23.6. The van der Waals surface area contributed by atoms with Crippen LogP contribution in [0, 0.1) is 6.92 Å². The van der Waals surface area contributed by atoms with Crippen LogP contribution in [-0.2, 0) is 17.9 Å². The number of nitrogens with zero attached hydrogens (tertiary/aromatic N) is 5. The van der Waals surface area contributed by atoms with E-state index in [9.17, 15) is 9.59 Å². The molecule has 8 nitrogen and oxygen atoms in total. The van der Waals surface area contributed by atoms with E-state index in [1.54, 1.807) is 23.4 Å². The molecule has 8 heteroatoms. The molecular weight excluding hydrogens is 418 g/mol. The number of rotatable bonds is 11. The van der Waals surface area contributed by atoms with Crippen LogP contribution in [0.5, 0.6) is 0 Å². The molecule has 2 aromatic heterocycles. The molecule has 2 amide bonds. The molecule has 0 saturated heterocycles. The van der Waals surface area contributed by atoms with Gasteiger partial charge in [0.25, 0.3) is 5.91 Å². The second-order valence-corrected chi connectivity index (χ2v) is 8.20. The molecular formula is C25H31N5O3. The lowest BCUT2D eigenvalue weighted by molar-refractivity contribution is -0.132. The maximum Gasteiger partial charge on any atom is 0.274 e. The molecule has 0 N–H and O–H groups in total. The predicted octanol–water partition coefficient (Wildman–Crippen LogP) is 3.00. The lowest BCUT2D eigenvalue weighted by Crippen LogP contribution is -2.39. The minimum Gasteiger partial charge on any atom is -0.467 e. The first-order chi connectivity index (χ1) is 15.9. The van der Waals surface area contributed by atoms with E-state index in [0.717, 1.165) is 17.8 Å². The van der Waals surface area contributed by atoms with Gasteiger partial charge in [0.15, 0.2) is 0 Å². The van der Waals surface area contributed by atoms with Crippen molar-refractivity contribution in [3.05, 3.63) is 83.8 Å². The van der Waals surface area contributed by atoms with Crippen LogP contribution in [0.2, 0.25) is 0 Å². The molecule has 0 radical (unpaired) electrons. The molecule has 0 atom stereocenters. The van der Waals surface area contributed by atoms with Gasteiger partial charge in [-0.15, -0.1) is 0 Å². The van der Waals surface area contributed by atoms with E-state index in [4.69, 9.17) is 4.42 Å². The van der Waals surface area contributed by atoms with Crippen LogP contribution < -0.4 is 0 Å². The number of aromatic nitrogens is 2. The summed E-state index contributed by atoms with van der Waals surface area (Å²) in [6.07, 6.45) is 4.80. The van der Waals surface area contributed by atoms with Crippen molar-refractivity contribution < 1.29 is 14.0 Å². The molecule has 0 fully saturated rings. The topological polar surface area (TPSA) is 82.8 Å². The first-order valence-electron chi connectivity index (χ1n) is 11.0. The number of hydrogen-bond donors (Lipinski definition) is 0. The number of benzene rings is 1. The van der Waals surface area contributed by atoms with Crippen molar-refractivity contribution >= 4 is 11.8 Å². The number of likely N-dealkylation sites (N-methyl/N-ethyl adjacent to an activating group) is 1. The number of hydrogen-bond acceptors (Lipinski definition) is 6. The molecule has 0 unspecified atom stereocenters. The molecule has 3 aromatic rings. The van der Waals surface area contributed by atoms with Crippen LogP contribution in [0.4, 0.5) is 0 Å². The average molecular weight is 450 g/mol. The molecule has 174 valence electrons. The number of carbonyl (C=O) groups excluding carboxylic acids is 2. The molecule has 0 aliphatic carbocycles. The van der Waals surface area contributed by atoms with Crippen molar-refractivity contribution in [2.24, 2.45) is 0 Å². The molecule has 0 aliphatic rings. The van der Waals surface area contributed by atoms with Crippen molar-refractivity contribution in [3.8, 4) is 0 Å². The van der Waals surface area contributed by atoms with Crippen LogP contribution in [0.3, 0.4) is 0 Å². The third kappa shape index (κ3) is 7.54. The third-order valence-electron chi connectivity index (χ3n) is 5.20. The summed E-state index contributed by atoms with van der Waals surface area (Å²) in [5, 5.41) is 0. The van der Waals surface area contributed by atoms with Crippen molar-refractivity contribution in [1.29, 1.82) is 0 Å². The van der Waals surface area contributed by atoms with Crippen molar-refractivity contribution in [3.63, 3.8) is 0 Å². The highest BCUT2D eigenvalue weighted by Gasteiger charge is 2.22. The van der Waals surface area contributed by atoms with Gasteiger partial charge in [-0.3, -0.25) is 14.6 Å². The Bertz CT molecular complexity index is 1000. The van der Waals surface area contributed by atoms with E-state index in [0.29, 0.717) is 18.8 Å². The van der Waals surface area contributed by atoms with Crippen LogP contribution in [0.1, 0.15) is 33.9 Å². The van der Waals surface area contributed by atoms with Crippen LogP contribution >= 0.6 is 0 Å². The van der Waals surface area contributed by atoms with E-state index < -0.39 is 0 Å². The molecule has 1 aromatic carbocycles. The second kappa shape index (κ2) is 11.9. The first kappa shape index (κ1) is 24.1. The van der Waals surface area contributed by atoms with Gasteiger partial charge >= 0.3 is 0 Å². The summed E-state index contributed by atoms with van der Waals surface area (Å²) in [4.78, 5) is 40.2. The van der Waals surface area contributed by atoms with Gasteiger partial charge < -0.3 is 19.1 Å². The van der Waals surface area contributed by atoms with Crippen molar-refractivity contribution in [2.45, 2.75) is 26.4 Å². The van der Waals surface area contributed by atoms with Crippen molar-refractivity contribution in [2.75, 3.05) is 33.7 Å². The fraction of sp³-hybridized carbons (Fsp3) is 0.360. The lowest BCUT2D eigenvalue weighted by atomic mass is 10.2. The smallest absolute Gasteiger partial charge is 0.274 e. The Labute approximate surface area is 194 Å². The standard InChI is InChI=1S/C25H31N5O3/c1-20-16-27-23(17-26-20)25(32)30(19-22-10-7-15-33-22)12-11-24(31)29(14-13-28(2)3)18-21-8-5-4-6-9-21/h4-10,15-17H,11-14,18-19H2,1-3H3. The fourth-order valence-corrected chi connectivity index (χ4v) is 3.31. The Morgan fingerprint density at radius 1 is 0.879 bits per heavy atom. The summed E-state index contributed by atoms with van der Waals surface area (Å²) in [5.41, 5.74) is 2.05. The molecule has 3 rings (SSSR count). The van der Waals surface area contributed by atoms with Gasteiger partial charge in [-0.25, -0.2) is 4.98 Å². The predicted molar refractivity (Wildman–Crippen MR) is 125 cm³/mol. The third-order valence-corrected chi connectivity index (χ3v) is 5.20. The van der Waals surface area contributed by atoms with Gasteiger partial charge in [0.05, 0.1) is 24.7 Å². The summed E-state index contributed by atoms with van der Waals surface area (Å²) < 4.78 is 5.44. The molecule has 0 spiro atoms. The molecule has 0 saturated carbocycles. The van der Waals surface area contributed by atoms with Crippen LogP contribution in [0.15, 0.2) is 65.5 Å². The monoisotopic (exact) mass is 449 g/mol. The summed E-state index contributed by atoms with van der Waals surface area (Å²) >= 11 is 0. The van der Waals surface area contributed by atoms with Gasteiger partial charge in [0.2, 0.25) is 5.91 Å². The maximum atomic E-state index is 13.2. The Hall–Kier alpha value is -3.52. The van der Waals surface area contributed by atoms with Crippen molar-refractivity contribution in [1.82, 2.24) is 24.7 Å². The van der Waals surface area contributed by atoms with Gasteiger partial charge in [0, 0.05) is 38.8 Å². The Morgan fingerprint density at radius 3 is 2.30 bits per heavy atom. The number of carbonyl (C=O) groups is 2. The highest BCUT2D eigenvalue weighted by atomic mass is 16.3. The number of aryl methyl sites for hydroxylation is 1. The minimum absolute atomic E-state index is 0.00654. The highest BCUT2D eigenvalue weighted by molar-refractivity contribution is 5.92. The molecule has 0 bridgehead atoms. The van der Waals surface area contributed by atoms with Crippen LogP contribution in [0.25, 0.3) is 0 Å². The zero-order valence-electron chi connectivity index (χ0n) is 19.5. The van der Waals surface area contributed by atoms with E-state index in [1.165, 1.54) is 6.20 Å². The van der Waals surface area contributed by atoms with Gasteiger partial charge in [-0.2, -0.15) is 0 Å². The summed E-state index contributed by atoms with van der Waals surface area (Å²) in [6.45, 7) is 4.22. The maximum absolute atomic E-state index is 13.2. The van der Waals surface area contributed by atoms with E-state index in [1.807, 2.05) is 67.2 Å². The van der Waals surface area contributed by atoms with E-state index >= 15 is 0 Å². The fourth-order valence-electron chi connectivity index (χ4n) is 3.31.